The largest absolute Gasteiger partial charge is 0.370 e. The summed E-state index contributed by atoms with van der Waals surface area (Å²) in [4.78, 5) is 0. The van der Waals surface area contributed by atoms with Crippen LogP contribution in [0.1, 0.15) is 31.1 Å². The number of aryl methyl sites for hydroxylation is 1. The van der Waals surface area contributed by atoms with Crippen LogP contribution in [-0.4, -0.2) is 10.5 Å². The number of alkyl halides is 1. The van der Waals surface area contributed by atoms with Gasteiger partial charge in [-0.25, -0.2) is 0 Å². The van der Waals surface area contributed by atoms with Gasteiger partial charge in [-0.15, -0.1) is 0 Å². The summed E-state index contributed by atoms with van der Waals surface area (Å²) in [5, 5.41) is 0. The summed E-state index contributed by atoms with van der Waals surface area (Å²) in [5.41, 5.74) is 2.58. The maximum atomic E-state index is 5.83. The summed E-state index contributed by atoms with van der Waals surface area (Å²) in [7, 11) is 0. The Hall–Kier alpha value is -0.0900. The number of ether oxygens (including phenoxy) is 1. The number of benzene rings is 1. The van der Waals surface area contributed by atoms with Crippen LogP contribution in [0.25, 0.3) is 0 Å². The van der Waals surface area contributed by atoms with Crippen LogP contribution in [0.5, 0.6) is 0 Å². The van der Waals surface area contributed by atoms with Crippen molar-refractivity contribution in [2.75, 3.05) is 4.43 Å². The lowest BCUT2D eigenvalue weighted by Crippen LogP contribution is -2.11. The van der Waals surface area contributed by atoms with Crippen molar-refractivity contribution in [2.24, 2.45) is 0 Å². The maximum absolute atomic E-state index is 5.83. The van der Waals surface area contributed by atoms with Crippen molar-refractivity contribution < 1.29 is 4.74 Å². The van der Waals surface area contributed by atoms with E-state index in [0.29, 0.717) is 0 Å². The summed E-state index contributed by atoms with van der Waals surface area (Å²) >= 11 is 2.37. The predicted molar refractivity (Wildman–Crippen MR) is 69.0 cm³/mol. The molecule has 1 nitrogen and oxygen atoms in total. The molecule has 0 spiro atoms. The Morgan fingerprint density at radius 3 is 2.57 bits per heavy atom. The Morgan fingerprint density at radius 1 is 1.36 bits per heavy atom. The molecule has 0 N–H and O–H groups in total. The zero-order valence-electron chi connectivity index (χ0n) is 8.96. The highest BCUT2D eigenvalue weighted by Gasteiger charge is 2.11. The van der Waals surface area contributed by atoms with Crippen LogP contribution >= 0.6 is 22.6 Å². The van der Waals surface area contributed by atoms with Crippen molar-refractivity contribution in [1.29, 1.82) is 0 Å². The third kappa shape index (κ3) is 3.58. The van der Waals surface area contributed by atoms with Crippen molar-refractivity contribution in [1.82, 2.24) is 0 Å². The standard InChI is InChI=1S/C12H17IO/c1-9(2)14-12(8-13)11-6-4-5-10(3)7-11/h4-7,9,12H,8H2,1-3H3. The first kappa shape index (κ1) is 12.0. The molecule has 0 fully saturated rings. The van der Waals surface area contributed by atoms with Gasteiger partial charge in [-0.3, -0.25) is 0 Å². The molecule has 0 saturated heterocycles. The Bertz CT molecular complexity index is 283. The molecular weight excluding hydrogens is 287 g/mol. The van der Waals surface area contributed by atoms with E-state index < -0.39 is 0 Å². The average Bonchev–Trinajstić information content (AvgIpc) is 2.14. The molecule has 0 heterocycles. The lowest BCUT2D eigenvalue weighted by Gasteiger charge is -2.18. The molecule has 0 aliphatic rings. The summed E-state index contributed by atoms with van der Waals surface area (Å²) in [6.45, 7) is 6.27. The van der Waals surface area contributed by atoms with E-state index in [1.807, 2.05) is 0 Å². The van der Waals surface area contributed by atoms with Crippen molar-refractivity contribution in [3.05, 3.63) is 35.4 Å². The fraction of sp³-hybridized carbons (Fsp3) is 0.500. The van der Waals surface area contributed by atoms with Gasteiger partial charge in [-0.1, -0.05) is 52.4 Å². The highest BCUT2D eigenvalue weighted by molar-refractivity contribution is 14.1. The van der Waals surface area contributed by atoms with Gasteiger partial charge in [0, 0.05) is 4.43 Å². The van der Waals surface area contributed by atoms with Crippen LogP contribution in [0.3, 0.4) is 0 Å². The van der Waals surface area contributed by atoms with E-state index in [1.165, 1.54) is 11.1 Å². The summed E-state index contributed by atoms with van der Waals surface area (Å²) in [5.74, 6) is 0. The molecule has 1 atom stereocenters. The summed E-state index contributed by atoms with van der Waals surface area (Å²) in [6, 6.07) is 8.54. The molecule has 0 radical (unpaired) electrons. The van der Waals surface area contributed by atoms with Crippen LogP contribution in [0, 0.1) is 6.92 Å². The molecule has 0 aromatic heterocycles. The van der Waals surface area contributed by atoms with E-state index in [9.17, 15) is 0 Å². The Labute approximate surface area is 100.0 Å². The SMILES string of the molecule is Cc1cccc(C(CI)OC(C)C)c1. The van der Waals surface area contributed by atoms with Gasteiger partial charge in [0.25, 0.3) is 0 Å². The molecule has 1 rings (SSSR count). The molecule has 2 heteroatoms. The lowest BCUT2D eigenvalue weighted by molar-refractivity contribution is 0.0223. The molecule has 0 saturated carbocycles. The van der Waals surface area contributed by atoms with Crippen LogP contribution in [0.4, 0.5) is 0 Å². The number of rotatable bonds is 4. The third-order valence-electron chi connectivity index (χ3n) is 1.99. The van der Waals surface area contributed by atoms with Crippen LogP contribution in [-0.2, 0) is 4.74 Å². The fourth-order valence-corrected chi connectivity index (χ4v) is 2.12. The minimum atomic E-state index is 0.232. The first-order chi connectivity index (χ1) is 6.63. The highest BCUT2D eigenvalue weighted by Crippen LogP contribution is 2.22. The first-order valence-electron chi connectivity index (χ1n) is 4.91. The molecule has 0 aliphatic heterocycles. The molecule has 78 valence electrons. The zero-order valence-corrected chi connectivity index (χ0v) is 11.1. The lowest BCUT2D eigenvalue weighted by atomic mass is 10.1. The molecule has 14 heavy (non-hydrogen) atoms. The summed E-state index contributed by atoms with van der Waals surface area (Å²) in [6.07, 6.45) is 0.519. The van der Waals surface area contributed by atoms with Crippen molar-refractivity contribution in [3.8, 4) is 0 Å². The van der Waals surface area contributed by atoms with Gasteiger partial charge in [-0.05, 0) is 26.3 Å². The van der Waals surface area contributed by atoms with Gasteiger partial charge in [0.2, 0.25) is 0 Å². The Morgan fingerprint density at radius 2 is 2.07 bits per heavy atom. The topological polar surface area (TPSA) is 9.23 Å². The third-order valence-corrected chi connectivity index (χ3v) is 2.79. The number of hydrogen-bond donors (Lipinski definition) is 0. The minimum Gasteiger partial charge on any atom is -0.370 e. The number of hydrogen-bond acceptors (Lipinski definition) is 1. The van der Waals surface area contributed by atoms with E-state index in [4.69, 9.17) is 4.74 Å². The second-order valence-electron chi connectivity index (χ2n) is 3.74. The average molecular weight is 304 g/mol. The second kappa shape index (κ2) is 5.71. The molecule has 1 aromatic rings. The monoisotopic (exact) mass is 304 g/mol. The van der Waals surface area contributed by atoms with Crippen molar-refractivity contribution in [3.63, 3.8) is 0 Å². The Balaban J connectivity index is 2.78. The van der Waals surface area contributed by atoms with Gasteiger partial charge < -0.3 is 4.74 Å². The van der Waals surface area contributed by atoms with Crippen molar-refractivity contribution >= 4 is 22.6 Å². The smallest absolute Gasteiger partial charge is 0.0917 e. The predicted octanol–water partition coefficient (Wildman–Crippen LogP) is 3.90. The zero-order chi connectivity index (χ0) is 10.6. The van der Waals surface area contributed by atoms with Crippen molar-refractivity contribution in [2.45, 2.75) is 33.0 Å². The summed E-state index contributed by atoms with van der Waals surface area (Å²) < 4.78 is 6.83. The van der Waals surface area contributed by atoms with E-state index in [0.717, 1.165) is 4.43 Å². The molecule has 0 amide bonds. The fourth-order valence-electron chi connectivity index (χ4n) is 1.40. The Kier molecular flexibility index (Phi) is 4.89. The van der Waals surface area contributed by atoms with Crippen LogP contribution < -0.4 is 0 Å². The molecule has 0 bridgehead atoms. The van der Waals surface area contributed by atoms with Gasteiger partial charge in [0.1, 0.15) is 0 Å². The van der Waals surface area contributed by atoms with Gasteiger partial charge in [-0.2, -0.15) is 0 Å². The molecule has 1 unspecified atom stereocenters. The van der Waals surface area contributed by atoms with Gasteiger partial charge in [0.15, 0.2) is 0 Å². The maximum Gasteiger partial charge on any atom is 0.0917 e. The highest BCUT2D eigenvalue weighted by atomic mass is 127. The van der Waals surface area contributed by atoms with Crippen LogP contribution in [0.15, 0.2) is 24.3 Å². The molecule has 0 aliphatic carbocycles. The number of halogens is 1. The van der Waals surface area contributed by atoms with E-state index >= 15 is 0 Å². The van der Waals surface area contributed by atoms with E-state index in [1.54, 1.807) is 0 Å². The quantitative estimate of drug-likeness (QED) is 0.605. The van der Waals surface area contributed by atoms with E-state index in [2.05, 4.69) is 67.6 Å². The molecular formula is C12H17IO. The minimum absolute atomic E-state index is 0.232. The second-order valence-corrected chi connectivity index (χ2v) is 4.62. The van der Waals surface area contributed by atoms with Gasteiger partial charge >= 0.3 is 0 Å². The van der Waals surface area contributed by atoms with E-state index in [-0.39, 0.29) is 12.2 Å². The molecule has 1 aromatic carbocycles. The van der Waals surface area contributed by atoms with Gasteiger partial charge in [0.05, 0.1) is 12.2 Å². The first-order valence-corrected chi connectivity index (χ1v) is 6.44. The van der Waals surface area contributed by atoms with Crippen LogP contribution in [0.2, 0.25) is 0 Å². The normalized spacial score (nSPS) is 13.2.